The maximum Gasteiger partial charge on any atom is 0.154 e. The number of benzene rings is 1. The van der Waals surface area contributed by atoms with Gasteiger partial charge in [0.05, 0.1) is 10.3 Å². The van der Waals surface area contributed by atoms with Gasteiger partial charge in [0.2, 0.25) is 0 Å². The molecule has 2 rings (SSSR count). The Bertz CT molecular complexity index is 525. The Labute approximate surface area is 89.2 Å². The Kier molecular flexibility index (Phi) is 2.44. The zero-order valence-electron chi connectivity index (χ0n) is 7.37. The van der Waals surface area contributed by atoms with Gasteiger partial charge in [0.15, 0.2) is 5.82 Å². The van der Waals surface area contributed by atoms with Crippen LogP contribution in [-0.4, -0.2) is 6.26 Å². The van der Waals surface area contributed by atoms with Crippen LogP contribution in [0.15, 0.2) is 22.4 Å². The summed E-state index contributed by atoms with van der Waals surface area (Å²) >= 11 is 2.66. The van der Waals surface area contributed by atoms with Crippen molar-refractivity contribution in [2.45, 2.75) is 4.90 Å². The number of hydrogen-bond acceptors (Lipinski definition) is 3. The van der Waals surface area contributed by atoms with E-state index in [0.29, 0.717) is 20.5 Å². The molecule has 0 bridgehead atoms. The summed E-state index contributed by atoms with van der Waals surface area (Å²) in [5.74, 6) is -0.207. The summed E-state index contributed by atoms with van der Waals surface area (Å²) in [7, 11) is 0. The maximum atomic E-state index is 13.7. The lowest BCUT2D eigenvalue weighted by atomic mass is 10.2. The molecule has 0 aliphatic heterocycles. The van der Waals surface area contributed by atoms with Crippen molar-refractivity contribution in [3.05, 3.63) is 28.9 Å². The average molecular weight is 223 g/mol. The van der Waals surface area contributed by atoms with Crippen LogP contribution in [-0.2, 0) is 0 Å². The number of thiophene rings is 1. The highest BCUT2D eigenvalue weighted by atomic mass is 32.2. The van der Waals surface area contributed by atoms with E-state index in [1.54, 1.807) is 17.5 Å². The maximum absolute atomic E-state index is 13.7. The Hall–Kier alpha value is -1.05. The predicted octanol–water partition coefficient (Wildman–Crippen LogP) is 3.63. The number of hydrogen-bond donors (Lipinski definition) is 0. The SMILES string of the molecule is CSc1ccc2c(C#N)csc2c1F. The quantitative estimate of drug-likeness (QED) is 0.689. The molecule has 0 spiro atoms. The molecule has 14 heavy (non-hydrogen) atoms. The zero-order valence-corrected chi connectivity index (χ0v) is 9.01. The summed E-state index contributed by atoms with van der Waals surface area (Å²) in [5, 5.41) is 11.2. The van der Waals surface area contributed by atoms with Crippen LogP contribution in [0, 0.1) is 17.1 Å². The molecule has 0 unspecified atom stereocenters. The molecule has 0 aliphatic rings. The van der Waals surface area contributed by atoms with E-state index in [-0.39, 0.29) is 5.82 Å². The third-order valence-electron chi connectivity index (χ3n) is 1.99. The molecule has 0 saturated carbocycles. The summed E-state index contributed by atoms with van der Waals surface area (Å²) in [6, 6.07) is 5.57. The Morgan fingerprint density at radius 1 is 1.50 bits per heavy atom. The van der Waals surface area contributed by atoms with E-state index in [2.05, 4.69) is 6.07 Å². The number of nitrogens with zero attached hydrogens (tertiary/aromatic N) is 1. The van der Waals surface area contributed by atoms with Crippen molar-refractivity contribution in [1.82, 2.24) is 0 Å². The van der Waals surface area contributed by atoms with Gasteiger partial charge in [-0.15, -0.1) is 23.1 Å². The average Bonchev–Trinajstić information content (AvgIpc) is 2.62. The minimum Gasteiger partial charge on any atom is -0.204 e. The third-order valence-corrected chi connectivity index (χ3v) is 3.73. The number of thioether (sulfide) groups is 1. The molecule has 0 atom stereocenters. The predicted molar refractivity (Wildman–Crippen MR) is 58.3 cm³/mol. The topological polar surface area (TPSA) is 23.8 Å². The normalized spacial score (nSPS) is 10.4. The molecule has 70 valence electrons. The van der Waals surface area contributed by atoms with Crippen LogP contribution in [0.4, 0.5) is 4.39 Å². The van der Waals surface area contributed by atoms with Crippen LogP contribution in [0.25, 0.3) is 10.1 Å². The van der Waals surface area contributed by atoms with Gasteiger partial charge < -0.3 is 0 Å². The van der Waals surface area contributed by atoms with Gasteiger partial charge in [0, 0.05) is 15.7 Å². The summed E-state index contributed by atoms with van der Waals surface area (Å²) < 4.78 is 14.3. The van der Waals surface area contributed by atoms with E-state index in [0.717, 1.165) is 0 Å². The highest BCUT2D eigenvalue weighted by molar-refractivity contribution is 7.98. The van der Waals surface area contributed by atoms with Crippen molar-refractivity contribution in [2.75, 3.05) is 6.26 Å². The molecule has 0 amide bonds. The number of halogens is 1. The summed E-state index contributed by atoms with van der Waals surface area (Å²) in [6.07, 6.45) is 1.84. The first-order chi connectivity index (χ1) is 6.77. The smallest absolute Gasteiger partial charge is 0.154 e. The van der Waals surface area contributed by atoms with Crippen LogP contribution in [0.2, 0.25) is 0 Å². The van der Waals surface area contributed by atoms with Gasteiger partial charge in [-0.05, 0) is 12.3 Å². The second-order valence-electron chi connectivity index (χ2n) is 2.72. The Morgan fingerprint density at radius 3 is 2.93 bits per heavy atom. The standard InChI is InChI=1S/C10H6FNS2/c1-13-8-3-2-7-6(4-12)5-14-10(7)9(8)11/h2-3,5H,1H3. The summed E-state index contributed by atoms with van der Waals surface area (Å²) in [5.41, 5.74) is 0.552. The second kappa shape index (κ2) is 3.60. The first kappa shape index (κ1) is 9.50. The first-order valence-corrected chi connectivity index (χ1v) is 6.02. The molecule has 1 nitrogen and oxygen atoms in total. The third kappa shape index (κ3) is 1.29. The number of rotatable bonds is 1. The van der Waals surface area contributed by atoms with Crippen molar-refractivity contribution in [3.8, 4) is 6.07 Å². The van der Waals surface area contributed by atoms with Crippen molar-refractivity contribution >= 4 is 33.2 Å². The number of nitriles is 1. The highest BCUT2D eigenvalue weighted by Crippen LogP contribution is 2.32. The van der Waals surface area contributed by atoms with E-state index in [9.17, 15) is 4.39 Å². The molecular weight excluding hydrogens is 217 g/mol. The van der Waals surface area contributed by atoms with Crippen molar-refractivity contribution in [2.24, 2.45) is 0 Å². The summed E-state index contributed by atoms with van der Waals surface area (Å²) in [4.78, 5) is 0.629. The van der Waals surface area contributed by atoms with E-state index >= 15 is 0 Å². The molecule has 0 aliphatic carbocycles. The fourth-order valence-corrected chi connectivity index (χ4v) is 2.77. The van der Waals surface area contributed by atoms with Gasteiger partial charge in [-0.1, -0.05) is 6.07 Å². The minimum atomic E-state index is -0.207. The Morgan fingerprint density at radius 2 is 2.29 bits per heavy atom. The molecular formula is C10H6FNS2. The lowest BCUT2D eigenvalue weighted by molar-refractivity contribution is 0.617. The zero-order chi connectivity index (χ0) is 10.1. The van der Waals surface area contributed by atoms with Crippen LogP contribution in [0.1, 0.15) is 5.56 Å². The van der Waals surface area contributed by atoms with Crippen molar-refractivity contribution < 1.29 is 4.39 Å². The van der Waals surface area contributed by atoms with Gasteiger partial charge in [-0.3, -0.25) is 0 Å². The lowest BCUT2D eigenvalue weighted by Gasteiger charge is -1.99. The molecule has 0 saturated heterocycles. The number of fused-ring (bicyclic) bond motifs is 1. The molecule has 1 aromatic heterocycles. The monoisotopic (exact) mass is 223 g/mol. The molecule has 4 heteroatoms. The molecule has 2 aromatic rings. The fraction of sp³-hybridized carbons (Fsp3) is 0.100. The van der Waals surface area contributed by atoms with Gasteiger partial charge in [-0.2, -0.15) is 5.26 Å². The van der Waals surface area contributed by atoms with Gasteiger partial charge in [0.25, 0.3) is 0 Å². The molecule has 1 aromatic carbocycles. The lowest BCUT2D eigenvalue weighted by Crippen LogP contribution is -1.80. The van der Waals surface area contributed by atoms with Gasteiger partial charge >= 0.3 is 0 Å². The van der Waals surface area contributed by atoms with E-state index in [1.807, 2.05) is 6.26 Å². The molecule has 0 N–H and O–H groups in total. The largest absolute Gasteiger partial charge is 0.204 e. The van der Waals surface area contributed by atoms with Gasteiger partial charge in [-0.25, -0.2) is 4.39 Å². The van der Waals surface area contributed by atoms with Gasteiger partial charge in [0.1, 0.15) is 6.07 Å². The molecule has 0 radical (unpaired) electrons. The van der Waals surface area contributed by atoms with E-state index < -0.39 is 0 Å². The van der Waals surface area contributed by atoms with Crippen molar-refractivity contribution in [1.29, 1.82) is 5.26 Å². The van der Waals surface area contributed by atoms with E-state index in [4.69, 9.17) is 5.26 Å². The second-order valence-corrected chi connectivity index (χ2v) is 4.45. The van der Waals surface area contributed by atoms with E-state index in [1.165, 1.54) is 23.1 Å². The Balaban J connectivity index is 2.80. The molecule has 0 fully saturated rings. The first-order valence-electron chi connectivity index (χ1n) is 3.91. The van der Waals surface area contributed by atoms with Crippen molar-refractivity contribution in [3.63, 3.8) is 0 Å². The van der Waals surface area contributed by atoms with Crippen LogP contribution >= 0.6 is 23.1 Å². The molecule has 1 heterocycles. The summed E-state index contributed by atoms with van der Waals surface area (Å²) in [6.45, 7) is 0. The highest BCUT2D eigenvalue weighted by Gasteiger charge is 2.11. The van der Waals surface area contributed by atoms with Crippen LogP contribution in [0.3, 0.4) is 0 Å². The van der Waals surface area contributed by atoms with Crippen LogP contribution in [0.5, 0.6) is 0 Å². The minimum absolute atomic E-state index is 0.207. The van der Waals surface area contributed by atoms with Crippen LogP contribution < -0.4 is 0 Å². The fourth-order valence-electron chi connectivity index (χ4n) is 1.29.